The second-order valence-electron chi connectivity index (χ2n) is 5.07. The summed E-state index contributed by atoms with van der Waals surface area (Å²) in [6.45, 7) is 4.63. The third kappa shape index (κ3) is 5.53. The first-order valence-corrected chi connectivity index (χ1v) is 7.08. The first kappa shape index (κ1) is 17.1. The van der Waals surface area contributed by atoms with E-state index in [2.05, 4.69) is 4.74 Å². The molecule has 0 N–H and O–H groups in total. The van der Waals surface area contributed by atoms with Gasteiger partial charge in [0.25, 0.3) is 0 Å². The highest BCUT2D eigenvalue weighted by Crippen LogP contribution is 2.09. The number of hydrogen-bond acceptors (Lipinski definition) is 3. The topological polar surface area (TPSA) is 46.6 Å². The van der Waals surface area contributed by atoms with Gasteiger partial charge in [-0.3, -0.25) is 9.59 Å². The van der Waals surface area contributed by atoms with E-state index in [9.17, 15) is 14.0 Å². The summed E-state index contributed by atoms with van der Waals surface area (Å²) in [5, 5.41) is 0. The van der Waals surface area contributed by atoms with Gasteiger partial charge in [-0.1, -0.05) is 26.0 Å². The summed E-state index contributed by atoms with van der Waals surface area (Å²) >= 11 is 0. The summed E-state index contributed by atoms with van der Waals surface area (Å²) in [5.41, 5.74) is 0.758. The van der Waals surface area contributed by atoms with E-state index in [1.165, 1.54) is 19.2 Å². The minimum atomic E-state index is -0.362. The predicted octanol–water partition coefficient (Wildman–Crippen LogP) is 2.42. The molecule has 116 valence electrons. The lowest BCUT2D eigenvalue weighted by atomic mass is 10.1. The lowest BCUT2D eigenvalue weighted by Gasteiger charge is -2.24. The Morgan fingerprint density at radius 2 is 1.90 bits per heavy atom. The molecular formula is C16H22FNO3. The zero-order valence-corrected chi connectivity index (χ0v) is 12.8. The van der Waals surface area contributed by atoms with E-state index in [-0.39, 0.29) is 30.0 Å². The van der Waals surface area contributed by atoms with Gasteiger partial charge in [0, 0.05) is 13.1 Å². The molecule has 1 amide bonds. The van der Waals surface area contributed by atoms with Gasteiger partial charge in [-0.15, -0.1) is 0 Å². The van der Waals surface area contributed by atoms with Crippen molar-refractivity contribution in [2.75, 3.05) is 20.2 Å². The van der Waals surface area contributed by atoms with E-state index in [1.807, 2.05) is 6.92 Å². The number of methoxy groups -OCH3 is 1. The molecule has 0 heterocycles. The molecule has 0 saturated carbocycles. The first-order valence-electron chi connectivity index (χ1n) is 7.08. The largest absolute Gasteiger partial charge is 0.469 e. The van der Waals surface area contributed by atoms with E-state index >= 15 is 0 Å². The summed E-state index contributed by atoms with van der Waals surface area (Å²) in [6, 6.07) is 5.87. The van der Waals surface area contributed by atoms with Crippen LogP contribution in [0.5, 0.6) is 0 Å². The zero-order chi connectivity index (χ0) is 15.8. The number of benzene rings is 1. The Morgan fingerprint density at radius 1 is 1.29 bits per heavy atom. The standard InChI is InChI=1S/C16H22FNO3/c1-4-9-18(11-12(2)16(20)21-3)15(19)10-13-5-7-14(17)8-6-13/h5-8,12H,4,9-11H2,1-3H3. The summed E-state index contributed by atoms with van der Waals surface area (Å²) in [5.74, 6) is -1.08. The average molecular weight is 295 g/mol. The molecule has 0 saturated heterocycles. The molecule has 4 nitrogen and oxygen atoms in total. The smallest absolute Gasteiger partial charge is 0.310 e. The van der Waals surface area contributed by atoms with Crippen molar-refractivity contribution in [3.63, 3.8) is 0 Å². The average Bonchev–Trinajstić information content (AvgIpc) is 2.48. The number of esters is 1. The SMILES string of the molecule is CCCN(CC(C)C(=O)OC)C(=O)Cc1ccc(F)cc1. The maximum atomic E-state index is 12.9. The Balaban J connectivity index is 2.68. The van der Waals surface area contributed by atoms with Crippen LogP contribution in [0, 0.1) is 11.7 Å². The highest BCUT2D eigenvalue weighted by atomic mass is 19.1. The Labute approximate surface area is 124 Å². The Morgan fingerprint density at radius 3 is 2.43 bits per heavy atom. The molecule has 1 aromatic rings. The molecule has 0 aliphatic carbocycles. The van der Waals surface area contributed by atoms with Gasteiger partial charge in [-0.2, -0.15) is 0 Å². The van der Waals surface area contributed by atoms with Crippen LogP contribution in [0.3, 0.4) is 0 Å². The molecule has 0 fully saturated rings. The molecule has 0 spiro atoms. The molecular weight excluding hydrogens is 273 g/mol. The first-order chi connectivity index (χ1) is 9.97. The number of amides is 1. The fraction of sp³-hybridized carbons (Fsp3) is 0.500. The summed E-state index contributed by atoms with van der Waals surface area (Å²) in [6.07, 6.45) is 1.01. The highest BCUT2D eigenvalue weighted by Gasteiger charge is 2.21. The van der Waals surface area contributed by atoms with E-state index < -0.39 is 0 Å². The Bertz CT molecular complexity index is 473. The minimum Gasteiger partial charge on any atom is -0.469 e. The van der Waals surface area contributed by atoms with E-state index in [0.717, 1.165) is 12.0 Å². The predicted molar refractivity (Wildman–Crippen MR) is 78.2 cm³/mol. The fourth-order valence-corrected chi connectivity index (χ4v) is 2.08. The maximum absolute atomic E-state index is 12.9. The number of carbonyl (C=O) groups is 2. The number of ether oxygens (including phenoxy) is 1. The van der Waals surface area contributed by atoms with Gasteiger partial charge in [-0.25, -0.2) is 4.39 Å². The molecule has 1 unspecified atom stereocenters. The minimum absolute atomic E-state index is 0.0702. The third-order valence-corrected chi connectivity index (χ3v) is 3.21. The number of halogens is 1. The molecule has 0 aliphatic rings. The lowest BCUT2D eigenvalue weighted by Crippen LogP contribution is -2.38. The second kappa shape index (κ2) is 8.39. The van der Waals surface area contributed by atoms with Crippen LogP contribution in [0.15, 0.2) is 24.3 Å². The van der Waals surface area contributed by atoms with Crippen molar-refractivity contribution in [3.8, 4) is 0 Å². The number of rotatable bonds is 7. The quantitative estimate of drug-likeness (QED) is 0.726. The highest BCUT2D eigenvalue weighted by molar-refractivity contribution is 5.80. The van der Waals surface area contributed by atoms with Gasteiger partial charge in [0.1, 0.15) is 5.82 Å². The Hall–Kier alpha value is -1.91. The second-order valence-corrected chi connectivity index (χ2v) is 5.07. The van der Waals surface area contributed by atoms with Crippen LogP contribution in [0.1, 0.15) is 25.8 Å². The van der Waals surface area contributed by atoms with E-state index in [1.54, 1.807) is 24.0 Å². The normalized spacial score (nSPS) is 11.8. The summed E-state index contributed by atoms with van der Waals surface area (Å²) in [7, 11) is 1.34. The monoisotopic (exact) mass is 295 g/mol. The van der Waals surface area contributed by atoms with Crippen LogP contribution in [0.25, 0.3) is 0 Å². The number of nitrogens with zero attached hydrogens (tertiary/aromatic N) is 1. The van der Waals surface area contributed by atoms with Crippen molar-refractivity contribution >= 4 is 11.9 Å². The fourth-order valence-electron chi connectivity index (χ4n) is 2.08. The van der Waals surface area contributed by atoms with Crippen molar-refractivity contribution in [3.05, 3.63) is 35.6 Å². The van der Waals surface area contributed by atoms with Gasteiger partial charge in [0.05, 0.1) is 19.4 Å². The van der Waals surface area contributed by atoms with Gasteiger partial charge < -0.3 is 9.64 Å². The van der Waals surface area contributed by atoms with Crippen molar-refractivity contribution in [2.45, 2.75) is 26.7 Å². The van der Waals surface area contributed by atoms with Crippen LogP contribution in [-0.2, 0) is 20.7 Å². The molecule has 1 atom stereocenters. The molecule has 1 aromatic carbocycles. The molecule has 5 heteroatoms. The van der Waals surface area contributed by atoms with Crippen LogP contribution < -0.4 is 0 Å². The van der Waals surface area contributed by atoms with Gasteiger partial charge in [0.15, 0.2) is 0 Å². The van der Waals surface area contributed by atoms with Gasteiger partial charge in [-0.05, 0) is 24.1 Å². The maximum Gasteiger partial charge on any atom is 0.310 e. The molecule has 0 aliphatic heterocycles. The third-order valence-electron chi connectivity index (χ3n) is 3.21. The van der Waals surface area contributed by atoms with Crippen LogP contribution in [0.4, 0.5) is 4.39 Å². The molecule has 0 radical (unpaired) electrons. The Kier molecular flexibility index (Phi) is 6.85. The summed E-state index contributed by atoms with van der Waals surface area (Å²) < 4.78 is 17.5. The van der Waals surface area contributed by atoms with Crippen LogP contribution in [-0.4, -0.2) is 37.0 Å². The summed E-state index contributed by atoms with van der Waals surface area (Å²) in [4.78, 5) is 25.4. The molecule has 1 rings (SSSR count). The molecule has 0 aromatic heterocycles. The van der Waals surface area contributed by atoms with Gasteiger partial charge >= 0.3 is 5.97 Å². The van der Waals surface area contributed by atoms with Crippen LogP contribution in [0.2, 0.25) is 0 Å². The molecule has 0 bridgehead atoms. The van der Waals surface area contributed by atoms with E-state index in [4.69, 9.17) is 0 Å². The van der Waals surface area contributed by atoms with Crippen molar-refractivity contribution in [1.82, 2.24) is 4.90 Å². The van der Waals surface area contributed by atoms with Crippen molar-refractivity contribution in [2.24, 2.45) is 5.92 Å². The van der Waals surface area contributed by atoms with Crippen molar-refractivity contribution < 1.29 is 18.7 Å². The zero-order valence-electron chi connectivity index (χ0n) is 12.8. The number of carbonyl (C=O) groups excluding carboxylic acids is 2. The van der Waals surface area contributed by atoms with Crippen LogP contribution >= 0.6 is 0 Å². The van der Waals surface area contributed by atoms with E-state index in [0.29, 0.717) is 13.1 Å². The lowest BCUT2D eigenvalue weighted by molar-refractivity contribution is -0.146. The number of hydrogen-bond donors (Lipinski definition) is 0. The van der Waals surface area contributed by atoms with Gasteiger partial charge in [0.2, 0.25) is 5.91 Å². The van der Waals surface area contributed by atoms with Crippen molar-refractivity contribution in [1.29, 1.82) is 0 Å². The molecule has 21 heavy (non-hydrogen) atoms.